The molecular weight excluding hydrogens is 310 g/mol. The number of allylic oxidation sites excluding steroid dienone is 5. The highest BCUT2D eigenvalue weighted by Crippen LogP contribution is 2.19. The topological polar surface area (TPSA) is 44.4 Å². The molecule has 1 unspecified atom stereocenters. The Hall–Kier alpha value is -2.71. The molecular formula is C21H31N3O. The van der Waals surface area contributed by atoms with Crippen LogP contribution < -0.4 is 10.6 Å². The Morgan fingerprint density at radius 3 is 2.16 bits per heavy atom. The molecule has 0 aliphatic rings. The second-order valence-corrected chi connectivity index (χ2v) is 5.53. The molecule has 0 heterocycles. The van der Waals surface area contributed by atoms with Crippen molar-refractivity contribution in [2.75, 3.05) is 21.1 Å². The van der Waals surface area contributed by atoms with E-state index in [0.29, 0.717) is 17.0 Å². The first-order valence-corrected chi connectivity index (χ1v) is 8.16. The van der Waals surface area contributed by atoms with E-state index in [1.807, 2.05) is 45.1 Å². The number of amides is 1. The Kier molecular flexibility index (Phi) is 9.76. The molecule has 0 radical (unpaired) electrons. The Labute approximate surface area is 152 Å². The molecule has 1 atom stereocenters. The predicted octanol–water partition coefficient (Wildman–Crippen LogP) is 3.46. The average molecular weight is 341 g/mol. The monoisotopic (exact) mass is 341 g/mol. The van der Waals surface area contributed by atoms with Gasteiger partial charge in [0.2, 0.25) is 5.91 Å². The molecule has 0 aliphatic carbocycles. The summed E-state index contributed by atoms with van der Waals surface area (Å²) in [5.41, 5.74) is 7.22. The molecule has 1 amide bonds. The number of nitrogens with zero attached hydrogens (tertiary/aromatic N) is 1. The first-order chi connectivity index (χ1) is 11.7. The summed E-state index contributed by atoms with van der Waals surface area (Å²) < 4.78 is 0. The largest absolute Gasteiger partial charge is 0.390 e. The summed E-state index contributed by atoms with van der Waals surface area (Å²) in [6.07, 6.45) is 7.71. The van der Waals surface area contributed by atoms with Gasteiger partial charge in [-0.25, -0.2) is 0 Å². The van der Waals surface area contributed by atoms with Crippen molar-refractivity contribution < 1.29 is 4.79 Å². The fourth-order valence-corrected chi connectivity index (χ4v) is 2.11. The SMILES string of the molecule is C=C(/C=C\C(=C=CC)/C(C)=C/C)C(=C)N(C)C(C(=C)NC)C(=O)NC. The summed E-state index contributed by atoms with van der Waals surface area (Å²) in [5.74, 6) is -0.168. The first-order valence-electron chi connectivity index (χ1n) is 8.16. The molecule has 4 heteroatoms. The number of likely N-dealkylation sites (N-methyl/N-ethyl adjacent to an activating group) is 3. The number of hydrogen-bond acceptors (Lipinski definition) is 3. The molecule has 0 saturated heterocycles. The van der Waals surface area contributed by atoms with Crippen molar-refractivity contribution in [3.63, 3.8) is 0 Å². The van der Waals surface area contributed by atoms with Crippen LogP contribution in [0.2, 0.25) is 0 Å². The van der Waals surface area contributed by atoms with Crippen molar-refractivity contribution in [3.8, 4) is 0 Å². The molecule has 4 nitrogen and oxygen atoms in total. The predicted molar refractivity (Wildman–Crippen MR) is 108 cm³/mol. The lowest BCUT2D eigenvalue weighted by Crippen LogP contribution is -2.47. The summed E-state index contributed by atoms with van der Waals surface area (Å²) in [5, 5.41) is 5.58. The van der Waals surface area contributed by atoms with Gasteiger partial charge in [0.05, 0.1) is 0 Å². The van der Waals surface area contributed by atoms with Gasteiger partial charge < -0.3 is 15.5 Å². The van der Waals surface area contributed by atoms with Gasteiger partial charge >= 0.3 is 0 Å². The summed E-state index contributed by atoms with van der Waals surface area (Å²) in [7, 11) is 5.12. The maximum absolute atomic E-state index is 12.2. The van der Waals surface area contributed by atoms with Crippen LogP contribution in [0.5, 0.6) is 0 Å². The highest BCUT2D eigenvalue weighted by molar-refractivity contribution is 5.84. The molecule has 0 aromatic carbocycles. The zero-order chi connectivity index (χ0) is 19.6. The lowest BCUT2D eigenvalue weighted by atomic mass is 10.0. The highest BCUT2D eigenvalue weighted by atomic mass is 16.2. The number of rotatable bonds is 9. The van der Waals surface area contributed by atoms with E-state index < -0.39 is 6.04 Å². The van der Waals surface area contributed by atoms with E-state index in [1.54, 1.807) is 26.0 Å². The van der Waals surface area contributed by atoms with Crippen LogP contribution in [0.1, 0.15) is 20.8 Å². The molecule has 0 rings (SSSR count). The van der Waals surface area contributed by atoms with Crippen LogP contribution in [-0.4, -0.2) is 38.0 Å². The third-order valence-electron chi connectivity index (χ3n) is 3.94. The Balaban J connectivity index is 5.48. The summed E-state index contributed by atoms with van der Waals surface area (Å²) >= 11 is 0. The zero-order valence-corrected chi connectivity index (χ0v) is 16.4. The molecule has 0 fully saturated rings. The van der Waals surface area contributed by atoms with Gasteiger partial charge in [-0.15, -0.1) is 5.73 Å². The van der Waals surface area contributed by atoms with Gasteiger partial charge in [0.15, 0.2) is 0 Å². The third kappa shape index (κ3) is 6.36. The van der Waals surface area contributed by atoms with Gasteiger partial charge in [0.25, 0.3) is 0 Å². The van der Waals surface area contributed by atoms with Crippen molar-refractivity contribution >= 4 is 5.91 Å². The molecule has 0 aromatic heterocycles. The van der Waals surface area contributed by atoms with E-state index in [1.165, 1.54) is 0 Å². The number of nitrogens with one attached hydrogen (secondary N) is 2. The molecule has 0 aromatic rings. The molecule has 0 saturated carbocycles. The van der Waals surface area contributed by atoms with Crippen molar-refractivity contribution in [2.45, 2.75) is 26.8 Å². The van der Waals surface area contributed by atoms with E-state index in [0.717, 1.165) is 11.1 Å². The molecule has 136 valence electrons. The molecule has 2 N–H and O–H groups in total. The number of carbonyl (C=O) groups is 1. The van der Waals surface area contributed by atoms with Crippen LogP contribution in [0.3, 0.4) is 0 Å². The number of carbonyl (C=O) groups excluding carboxylic acids is 1. The standard InChI is InChI=1S/C21H31N3O/c1-10-12-19(15(3)11-2)14-13-16(4)18(6)24(9)20(17(5)22-7)21(25)23-8/h10-11,13-14,20,22H,4-6H2,1-3,7-9H3,(H,23,25)/b14-13-,15-11+. The van der Waals surface area contributed by atoms with Gasteiger partial charge in [-0.3, -0.25) is 4.79 Å². The fraction of sp³-hybridized carbons (Fsp3) is 0.333. The van der Waals surface area contributed by atoms with Crippen molar-refractivity contribution in [2.24, 2.45) is 0 Å². The van der Waals surface area contributed by atoms with Gasteiger partial charge in [-0.05, 0) is 44.1 Å². The Morgan fingerprint density at radius 1 is 1.12 bits per heavy atom. The second-order valence-electron chi connectivity index (χ2n) is 5.53. The van der Waals surface area contributed by atoms with E-state index in [4.69, 9.17) is 0 Å². The van der Waals surface area contributed by atoms with E-state index in [2.05, 4.69) is 36.1 Å². The minimum Gasteiger partial charge on any atom is -0.390 e. The smallest absolute Gasteiger partial charge is 0.248 e. The minimum atomic E-state index is -0.574. The maximum Gasteiger partial charge on any atom is 0.248 e. The Bertz CT molecular complexity index is 643. The average Bonchev–Trinajstić information content (AvgIpc) is 2.62. The second kappa shape index (κ2) is 11.0. The lowest BCUT2D eigenvalue weighted by molar-refractivity contribution is -0.123. The van der Waals surface area contributed by atoms with Gasteiger partial charge in [0, 0.05) is 38.1 Å². The lowest BCUT2D eigenvalue weighted by Gasteiger charge is -2.31. The van der Waals surface area contributed by atoms with Crippen molar-refractivity contribution in [1.29, 1.82) is 0 Å². The maximum atomic E-state index is 12.2. The van der Waals surface area contributed by atoms with Crippen molar-refractivity contribution in [1.82, 2.24) is 15.5 Å². The van der Waals surface area contributed by atoms with E-state index in [9.17, 15) is 4.79 Å². The van der Waals surface area contributed by atoms with Crippen LogP contribution >= 0.6 is 0 Å². The van der Waals surface area contributed by atoms with Gasteiger partial charge in [-0.2, -0.15) is 0 Å². The third-order valence-corrected chi connectivity index (χ3v) is 3.94. The fourth-order valence-electron chi connectivity index (χ4n) is 2.11. The highest BCUT2D eigenvalue weighted by Gasteiger charge is 2.26. The van der Waals surface area contributed by atoms with E-state index >= 15 is 0 Å². The van der Waals surface area contributed by atoms with Crippen LogP contribution in [0, 0.1) is 0 Å². The molecule has 0 aliphatic heterocycles. The van der Waals surface area contributed by atoms with Crippen molar-refractivity contribution in [3.05, 3.63) is 77.9 Å². The summed E-state index contributed by atoms with van der Waals surface area (Å²) in [6, 6.07) is -0.574. The Morgan fingerprint density at radius 2 is 1.72 bits per heavy atom. The van der Waals surface area contributed by atoms with Gasteiger partial charge in [0.1, 0.15) is 6.04 Å². The van der Waals surface area contributed by atoms with Gasteiger partial charge in [-0.1, -0.05) is 31.9 Å². The zero-order valence-electron chi connectivity index (χ0n) is 16.4. The summed E-state index contributed by atoms with van der Waals surface area (Å²) in [4.78, 5) is 13.9. The quantitative estimate of drug-likeness (QED) is 0.499. The molecule has 0 spiro atoms. The minimum absolute atomic E-state index is 0.168. The summed E-state index contributed by atoms with van der Waals surface area (Å²) in [6.45, 7) is 18.0. The van der Waals surface area contributed by atoms with Crippen LogP contribution in [0.25, 0.3) is 0 Å². The molecule has 0 bridgehead atoms. The number of hydrogen-bond donors (Lipinski definition) is 2. The van der Waals surface area contributed by atoms with Crippen LogP contribution in [0.4, 0.5) is 0 Å². The van der Waals surface area contributed by atoms with Crippen LogP contribution in [0.15, 0.2) is 77.9 Å². The molecule has 25 heavy (non-hydrogen) atoms. The normalized spacial score (nSPS) is 12.0. The van der Waals surface area contributed by atoms with Crippen LogP contribution in [-0.2, 0) is 4.79 Å². The van der Waals surface area contributed by atoms with E-state index in [-0.39, 0.29) is 5.91 Å². The first kappa shape index (κ1) is 22.3.